The molecule has 0 aliphatic heterocycles. The van der Waals surface area contributed by atoms with Gasteiger partial charge in [0.2, 0.25) is 5.89 Å². The minimum Gasteiger partial charge on any atom is -0.412 e. The van der Waals surface area contributed by atoms with Crippen molar-refractivity contribution in [2.75, 3.05) is 5.32 Å². The number of nitrogens with one attached hydrogen (secondary N) is 1. The van der Waals surface area contributed by atoms with Crippen LogP contribution in [0, 0.1) is 26.6 Å². The van der Waals surface area contributed by atoms with E-state index in [-0.39, 0.29) is 11.8 Å². The molecule has 0 bridgehead atoms. The van der Waals surface area contributed by atoms with E-state index in [0.717, 1.165) is 22.4 Å². The van der Waals surface area contributed by atoms with Crippen molar-refractivity contribution in [1.29, 1.82) is 0 Å². The molecule has 1 N–H and O–H groups in total. The van der Waals surface area contributed by atoms with Crippen LogP contribution in [-0.4, -0.2) is 16.1 Å². The van der Waals surface area contributed by atoms with Gasteiger partial charge in [0, 0.05) is 11.3 Å². The minimum atomic E-state index is -0.500. The maximum atomic E-state index is 13.3. The van der Waals surface area contributed by atoms with E-state index in [4.69, 9.17) is 4.42 Å². The van der Waals surface area contributed by atoms with Gasteiger partial charge in [0.1, 0.15) is 5.82 Å². The van der Waals surface area contributed by atoms with E-state index in [1.54, 1.807) is 6.07 Å². The van der Waals surface area contributed by atoms with E-state index in [1.165, 1.54) is 18.2 Å². The van der Waals surface area contributed by atoms with Gasteiger partial charge in [0.05, 0.1) is 0 Å². The van der Waals surface area contributed by atoms with E-state index in [9.17, 15) is 9.18 Å². The highest BCUT2D eigenvalue weighted by molar-refractivity contribution is 6.02. The summed E-state index contributed by atoms with van der Waals surface area (Å²) >= 11 is 0. The second-order valence-electron chi connectivity index (χ2n) is 5.65. The van der Waals surface area contributed by atoms with Gasteiger partial charge in [-0.05, 0) is 50.1 Å². The molecule has 5 nitrogen and oxygen atoms in total. The summed E-state index contributed by atoms with van der Waals surface area (Å²) in [4.78, 5) is 12.3. The van der Waals surface area contributed by atoms with Crippen molar-refractivity contribution in [2.45, 2.75) is 20.8 Å². The smallest absolute Gasteiger partial charge is 0.313 e. The summed E-state index contributed by atoms with van der Waals surface area (Å²) in [6.45, 7) is 5.83. The second-order valence-corrected chi connectivity index (χ2v) is 5.65. The third kappa shape index (κ3) is 3.17. The molecule has 0 aliphatic rings. The third-order valence-electron chi connectivity index (χ3n) is 3.61. The number of carbonyl (C=O) groups excluding carboxylic acids is 1. The molecule has 24 heavy (non-hydrogen) atoms. The van der Waals surface area contributed by atoms with E-state index in [0.29, 0.717) is 5.56 Å². The Hall–Kier alpha value is -3.02. The lowest BCUT2D eigenvalue weighted by Crippen LogP contribution is -2.14. The predicted molar refractivity (Wildman–Crippen MR) is 88.3 cm³/mol. The zero-order valence-electron chi connectivity index (χ0n) is 13.6. The molecule has 3 aromatic rings. The number of aryl methyl sites for hydroxylation is 3. The van der Waals surface area contributed by atoms with Gasteiger partial charge in [-0.25, -0.2) is 4.39 Å². The number of halogens is 1. The lowest BCUT2D eigenvalue weighted by molar-refractivity contribution is 0.0990. The maximum absolute atomic E-state index is 13.3. The Balaban J connectivity index is 1.85. The Morgan fingerprint density at radius 1 is 1.08 bits per heavy atom. The second kappa shape index (κ2) is 6.23. The number of carbonyl (C=O) groups is 1. The molecule has 122 valence electrons. The zero-order valence-corrected chi connectivity index (χ0v) is 13.6. The number of benzene rings is 2. The lowest BCUT2D eigenvalue weighted by Gasteiger charge is -2.11. The molecule has 0 saturated heterocycles. The van der Waals surface area contributed by atoms with Crippen LogP contribution < -0.4 is 5.32 Å². The van der Waals surface area contributed by atoms with Gasteiger partial charge in [-0.2, -0.15) is 0 Å². The first kappa shape index (κ1) is 15.9. The molecule has 0 unspecified atom stereocenters. The van der Waals surface area contributed by atoms with Gasteiger partial charge in [0.25, 0.3) is 0 Å². The molecule has 2 aromatic carbocycles. The number of aromatic nitrogens is 2. The van der Waals surface area contributed by atoms with Crippen LogP contribution in [-0.2, 0) is 0 Å². The fraction of sp³-hybridized carbons (Fsp3) is 0.167. The normalized spacial score (nSPS) is 10.7. The number of anilines is 1. The quantitative estimate of drug-likeness (QED) is 0.788. The Bertz CT molecular complexity index is 895. The number of nitrogens with zero attached hydrogens (tertiary/aromatic N) is 2. The summed E-state index contributed by atoms with van der Waals surface area (Å²) in [5, 5.41) is 10.3. The Labute approximate surface area is 138 Å². The first-order chi connectivity index (χ1) is 11.4. The van der Waals surface area contributed by atoms with E-state index < -0.39 is 11.7 Å². The largest absolute Gasteiger partial charge is 0.412 e. The van der Waals surface area contributed by atoms with Crippen molar-refractivity contribution >= 4 is 11.6 Å². The maximum Gasteiger partial charge on any atom is 0.313 e. The van der Waals surface area contributed by atoms with E-state index in [1.807, 2.05) is 32.9 Å². The molecule has 1 amide bonds. The zero-order chi connectivity index (χ0) is 17.3. The first-order valence-corrected chi connectivity index (χ1v) is 7.42. The summed E-state index contributed by atoms with van der Waals surface area (Å²) in [5.41, 5.74) is 4.16. The van der Waals surface area contributed by atoms with Gasteiger partial charge in [-0.15, -0.1) is 10.2 Å². The van der Waals surface area contributed by atoms with E-state index >= 15 is 0 Å². The highest BCUT2D eigenvalue weighted by atomic mass is 19.1. The Morgan fingerprint density at radius 3 is 2.46 bits per heavy atom. The molecule has 3 rings (SSSR count). The highest BCUT2D eigenvalue weighted by Crippen LogP contribution is 2.23. The molecular weight excluding hydrogens is 309 g/mol. The van der Waals surface area contributed by atoms with Crippen molar-refractivity contribution in [1.82, 2.24) is 10.2 Å². The molecule has 0 atom stereocenters. The van der Waals surface area contributed by atoms with Crippen LogP contribution in [0.4, 0.5) is 10.1 Å². The summed E-state index contributed by atoms with van der Waals surface area (Å²) in [6, 6.07) is 9.71. The first-order valence-electron chi connectivity index (χ1n) is 7.42. The number of hydrogen-bond acceptors (Lipinski definition) is 4. The summed E-state index contributed by atoms with van der Waals surface area (Å²) in [5.74, 6) is -0.992. The topological polar surface area (TPSA) is 68.0 Å². The van der Waals surface area contributed by atoms with Gasteiger partial charge in [-0.3, -0.25) is 4.79 Å². The van der Waals surface area contributed by atoms with Crippen LogP contribution in [0.5, 0.6) is 0 Å². The molecular formula is C18H16FN3O2. The van der Waals surface area contributed by atoms with Crippen LogP contribution >= 0.6 is 0 Å². The van der Waals surface area contributed by atoms with Gasteiger partial charge in [0.15, 0.2) is 0 Å². The van der Waals surface area contributed by atoms with Crippen molar-refractivity contribution in [2.24, 2.45) is 0 Å². The SMILES string of the molecule is Cc1cc(C)c(NC(=O)c2nnc(-c3cccc(F)c3)o2)c(C)c1. The molecule has 0 fully saturated rings. The van der Waals surface area contributed by atoms with Crippen molar-refractivity contribution in [3.8, 4) is 11.5 Å². The Morgan fingerprint density at radius 2 is 1.79 bits per heavy atom. The van der Waals surface area contributed by atoms with Gasteiger partial charge < -0.3 is 9.73 Å². The number of amides is 1. The van der Waals surface area contributed by atoms with Crippen LogP contribution in [0.3, 0.4) is 0 Å². The molecule has 0 saturated carbocycles. The lowest BCUT2D eigenvalue weighted by atomic mass is 10.1. The average Bonchev–Trinajstić information content (AvgIpc) is 3.00. The standard InChI is InChI=1S/C18H16FN3O2/c1-10-7-11(2)15(12(3)8-10)20-16(23)18-22-21-17(24-18)13-5-4-6-14(19)9-13/h4-9H,1-3H3,(H,20,23). The molecule has 0 spiro atoms. The fourth-order valence-corrected chi connectivity index (χ4v) is 2.60. The predicted octanol–water partition coefficient (Wildman–Crippen LogP) is 4.05. The van der Waals surface area contributed by atoms with Crippen LogP contribution in [0.2, 0.25) is 0 Å². The Kier molecular flexibility index (Phi) is 4.12. The number of rotatable bonds is 3. The molecule has 1 heterocycles. The number of hydrogen-bond donors (Lipinski definition) is 1. The fourth-order valence-electron chi connectivity index (χ4n) is 2.60. The van der Waals surface area contributed by atoms with Gasteiger partial charge in [-0.1, -0.05) is 23.8 Å². The third-order valence-corrected chi connectivity index (χ3v) is 3.61. The van der Waals surface area contributed by atoms with Gasteiger partial charge >= 0.3 is 11.8 Å². The molecule has 6 heteroatoms. The average molecular weight is 325 g/mol. The molecule has 0 aliphatic carbocycles. The van der Waals surface area contributed by atoms with Crippen LogP contribution in [0.15, 0.2) is 40.8 Å². The van der Waals surface area contributed by atoms with Crippen molar-refractivity contribution < 1.29 is 13.6 Å². The summed E-state index contributed by atoms with van der Waals surface area (Å²) < 4.78 is 18.6. The summed E-state index contributed by atoms with van der Waals surface area (Å²) in [6.07, 6.45) is 0. The van der Waals surface area contributed by atoms with Crippen molar-refractivity contribution in [3.63, 3.8) is 0 Å². The monoisotopic (exact) mass is 325 g/mol. The molecule has 1 aromatic heterocycles. The van der Waals surface area contributed by atoms with Crippen LogP contribution in [0.1, 0.15) is 27.4 Å². The minimum absolute atomic E-state index is 0.0944. The van der Waals surface area contributed by atoms with Crippen molar-refractivity contribution in [3.05, 3.63) is 64.8 Å². The highest BCUT2D eigenvalue weighted by Gasteiger charge is 2.18. The summed E-state index contributed by atoms with van der Waals surface area (Å²) in [7, 11) is 0. The van der Waals surface area contributed by atoms with E-state index in [2.05, 4.69) is 15.5 Å². The molecule has 0 radical (unpaired) electrons. The van der Waals surface area contributed by atoms with Crippen LogP contribution in [0.25, 0.3) is 11.5 Å².